The van der Waals surface area contributed by atoms with Crippen LogP contribution in [0, 0.1) is 0 Å². The maximum Gasteiger partial charge on any atom is 1.00 e. The minimum atomic E-state index is -4.51. The fourth-order valence-electron chi connectivity index (χ4n) is 3.64. The molecule has 0 saturated carbocycles. The van der Waals surface area contributed by atoms with Crippen LogP contribution < -0.4 is 29.6 Å². The van der Waals surface area contributed by atoms with Crippen molar-refractivity contribution in [3.05, 3.63) is 41.5 Å². The zero-order valence-corrected chi connectivity index (χ0v) is 19.9. The van der Waals surface area contributed by atoms with Gasteiger partial charge in [-0.25, -0.2) is 8.42 Å². The molecule has 0 unspecified atom stereocenters. The maximum absolute atomic E-state index is 12.1. The Morgan fingerprint density at radius 2 is 1.37 bits per heavy atom. The molecule has 0 fully saturated rings. The third kappa shape index (κ3) is 7.17. The summed E-state index contributed by atoms with van der Waals surface area (Å²) in [5.41, 5.74) is 1.67. The third-order valence-corrected chi connectivity index (χ3v) is 5.98. The van der Waals surface area contributed by atoms with Crippen LogP contribution >= 0.6 is 0 Å². The zero-order valence-electron chi connectivity index (χ0n) is 17.1. The number of hydrogen-bond donors (Lipinski definition) is 0. The molecule has 0 spiro atoms. The topological polar surface area (TPSA) is 57.2 Å². The van der Waals surface area contributed by atoms with E-state index in [1.54, 1.807) is 0 Å². The van der Waals surface area contributed by atoms with Gasteiger partial charge >= 0.3 is 29.6 Å². The van der Waals surface area contributed by atoms with Crippen LogP contribution in [0.5, 0.6) is 0 Å². The number of hydrogen-bond acceptors (Lipinski definition) is 3. The molecule has 0 amide bonds. The van der Waals surface area contributed by atoms with E-state index in [2.05, 4.69) is 13.8 Å². The first kappa shape index (κ1) is 24.6. The standard InChI is InChI=1S/C22H32O3S.Na/c1-3-5-7-9-12-18-14-11-15-19-16-17-20(13-10-8-6-4-2)22(21(18)19)26(23,24)25;/h11,14-17H,3-10,12-13H2,1-2H3,(H,23,24,25);/q;+1/p-1. The Balaban J connectivity index is 0.00000364. The first-order valence-electron chi connectivity index (χ1n) is 9.98. The van der Waals surface area contributed by atoms with Crippen molar-refractivity contribution in [3.8, 4) is 0 Å². The molecule has 3 nitrogen and oxygen atoms in total. The van der Waals surface area contributed by atoms with Crippen molar-refractivity contribution < 1.29 is 42.5 Å². The summed E-state index contributed by atoms with van der Waals surface area (Å²) < 4.78 is 36.4. The minimum Gasteiger partial charge on any atom is -0.744 e. The van der Waals surface area contributed by atoms with Crippen molar-refractivity contribution in [1.29, 1.82) is 0 Å². The summed E-state index contributed by atoms with van der Waals surface area (Å²) in [7, 11) is -4.51. The fraction of sp³-hybridized carbons (Fsp3) is 0.545. The van der Waals surface area contributed by atoms with Gasteiger partial charge in [-0.05, 0) is 42.2 Å². The van der Waals surface area contributed by atoms with Gasteiger partial charge in [0.25, 0.3) is 0 Å². The monoisotopic (exact) mass is 398 g/mol. The summed E-state index contributed by atoms with van der Waals surface area (Å²) >= 11 is 0. The number of fused-ring (bicyclic) bond motifs is 1. The minimum absolute atomic E-state index is 0. The Morgan fingerprint density at radius 3 is 1.93 bits per heavy atom. The van der Waals surface area contributed by atoms with E-state index < -0.39 is 10.1 Å². The van der Waals surface area contributed by atoms with Crippen LogP contribution in [0.15, 0.2) is 35.2 Å². The molecule has 2 rings (SSSR count). The van der Waals surface area contributed by atoms with Crippen LogP contribution in [0.4, 0.5) is 0 Å². The Labute approximate surface area is 187 Å². The predicted octanol–water partition coefficient (Wildman–Crippen LogP) is 2.99. The van der Waals surface area contributed by atoms with E-state index in [0.717, 1.165) is 62.3 Å². The molecule has 0 aliphatic rings. The molecule has 144 valence electrons. The first-order chi connectivity index (χ1) is 12.5. The van der Waals surface area contributed by atoms with E-state index in [0.29, 0.717) is 17.4 Å². The van der Waals surface area contributed by atoms with Crippen molar-refractivity contribution in [1.82, 2.24) is 0 Å². The van der Waals surface area contributed by atoms with Crippen molar-refractivity contribution in [2.45, 2.75) is 83.0 Å². The van der Waals surface area contributed by atoms with Gasteiger partial charge in [-0.15, -0.1) is 0 Å². The Bertz CT molecular complexity index is 816. The molecule has 0 aromatic heterocycles. The first-order valence-corrected chi connectivity index (χ1v) is 11.4. The van der Waals surface area contributed by atoms with Crippen molar-refractivity contribution in [2.24, 2.45) is 0 Å². The summed E-state index contributed by atoms with van der Waals surface area (Å²) in [5.74, 6) is 0. The molecule has 0 radical (unpaired) electrons. The number of benzene rings is 2. The summed E-state index contributed by atoms with van der Waals surface area (Å²) in [6.45, 7) is 4.32. The number of unbranched alkanes of at least 4 members (excludes halogenated alkanes) is 6. The molecule has 2 aromatic carbocycles. The predicted molar refractivity (Wildman–Crippen MR) is 108 cm³/mol. The summed E-state index contributed by atoms with van der Waals surface area (Å²) in [6.07, 6.45) is 10.2. The molecule has 0 bridgehead atoms. The van der Waals surface area contributed by atoms with Gasteiger partial charge in [-0.3, -0.25) is 0 Å². The largest absolute Gasteiger partial charge is 1.00 e. The van der Waals surface area contributed by atoms with Crippen LogP contribution in [0.25, 0.3) is 10.8 Å². The van der Waals surface area contributed by atoms with E-state index in [9.17, 15) is 13.0 Å². The molecular formula is C22H31NaO3S. The van der Waals surface area contributed by atoms with E-state index in [4.69, 9.17) is 0 Å². The molecule has 0 aliphatic carbocycles. The molecule has 0 N–H and O–H groups in total. The van der Waals surface area contributed by atoms with E-state index in [-0.39, 0.29) is 34.5 Å². The van der Waals surface area contributed by atoms with Crippen molar-refractivity contribution in [2.75, 3.05) is 0 Å². The van der Waals surface area contributed by atoms with Crippen LogP contribution in [0.3, 0.4) is 0 Å². The fourth-order valence-corrected chi connectivity index (χ4v) is 4.63. The average molecular weight is 399 g/mol. The number of aryl methyl sites for hydroxylation is 2. The average Bonchev–Trinajstić information content (AvgIpc) is 2.61. The quantitative estimate of drug-likeness (QED) is 0.332. The van der Waals surface area contributed by atoms with Gasteiger partial charge in [0.15, 0.2) is 0 Å². The molecular weight excluding hydrogens is 367 g/mol. The molecule has 27 heavy (non-hydrogen) atoms. The molecule has 2 aromatic rings. The van der Waals surface area contributed by atoms with Crippen LogP contribution in [0.2, 0.25) is 0 Å². The van der Waals surface area contributed by atoms with Crippen molar-refractivity contribution in [3.63, 3.8) is 0 Å². The second-order valence-electron chi connectivity index (χ2n) is 7.14. The summed E-state index contributed by atoms with van der Waals surface area (Å²) in [4.78, 5) is 0.0255. The second-order valence-corrected chi connectivity index (χ2v) is 8.46. The number of rotatable bonds is 11. The molecule has 5 heteroatoms. The SMILES string of the molecule is CCCCCCc1ccc2cccc(CCCCCC)c2c1S(=O)(=O)[O-].[Na+]. The normalized spacial score (nSPS) is 11.5. The molecule has 0 atom stereocenters. The summed E-state index contributed by atoms with van der Waals surface area (Å²) in [5, 5.41) is 1.51. The Hall–Kier alpha value is -0.390. The van der Waals surface area contributed by atoms with Gasteiger partial charge in [0.2, 0.25) is 0 Å². The van der Waals surface area contributed by atoms with E-state index >= 15 is 0 Å². The van der Waals surface area contributed by atoms with Gasteiger partial charge < -0.3 is 4.55 Å². The van der Waals surface area contributed by atoms with E-state index in [1.807, 2.05) is 30.3 Å². The van der Waals surface area contributed by atoms with Crippen LogP contribution in [-0.2, 0) is 23.0 Å². The molecule has 0 saturated heterocycles. The molecule has 0 heterocycles. The van der Waals surface area contributed by atoms with Gasteiger partial charge in [0.1, 0.15) is 10.1 Å². The second kappa shape index (κ2) is 12.2. The van der Waals surface area contributed by atoms with Crippen LogP contribution in [0.1, 0.15) is 76.3 Å². The Kier molecular flexibility index (Phi) is 11.2. The molecule has 0 aliphatic heterocycles. The smallest absolute Gasteiger partial charge is 0.744 e. The Morgan fingerprint density at radius 1 is 0.778 bits per heavy atom. The summed E-state index contributed by atoms with van der Waals surface area (Å²) in [6, 6.07) is 9.64. The zero-order chi connectivity index (χ0) is 19.0. The van der Waals surface area contributed by atoms with Crippen molar-refractivity contribution >= 4 is 20.9 Å². The van der Waals surface area contributed by atoms with Gasteiger partial charge in [0, 0.05) is 5.39 Å². The van der Waals surface area contributed by atoms with Gasteiger partial charge in [-0.2, -0.15) is 0 Å². The maximum atomic E-state index is 12.1. The van der Waals surface area contributed by atoms with Gasteiger partial charge in [0.05, 0.1) is 4.90 Å². The van der Waals surface area contributed by atoms with Crippen LogP contribution in [-0.4, -0.2) is 13.0 Å². The van der Waals surface area contributed by atoms with Gasteiger partial charge in [-0.1, -0.05) is 82.7 Å². The van der Waals surface area contributed by atoms with E-state index in [1.165, 1.54) is 6.42 Å². The third-order valence-electron chi connectivity index (χ3n) is 5.02.